The average Bonchev–Trinajstić information content (AvgIpc) is 2.45. The van der Waals surface area contributed by atoms with Gasteiger partial charge < -0.3 is 15.3 Å². The summed E-state index contributed by atoms with van der Waals surface area (Å²) >= 11 is 0. The molecule has 1 saturated heterocycles. The van der Waals surface area contributed by atoms with Gasteiger partial charge in [-0.3, -0.25) is 9.78 Å². The van der Waals surface area contributed by atoms with Gasteiger partial charge in [-0.05, 0) is 32.3 Å². The van der Waals surface area contributed by atoms with Gasteiger partial charge in [0.05, 0.1) is 12.2 Å². The Labute approximate surface area is 117 Å². The predicted molar refractivity (Wildman–Crippen MR) is 74.9 cm³/mol. The maximum absolute atomic E-state index is 12.0. The van der Waals surface area contributed by atoms with Gasteiger partial charge in [0, 0.05) is 25.0 Å². The number of aryl methyl sites for hydroxylation is 1. The monoisotopic (exact) mass is 277 g/mol. The molecule has 1 amide bonds. The number of aromatic nitrogens is 1. The van der Waals surface area contributed by atoms with Crippen LogP contribution in [0.15, 0.2) is 12.3 Å². The summed E-state index contributed by atoms with van der Waals surface area (Å²) < 4.78 is 0. The van der Waals surface area contributed by atoms with E-state index in [0.29, 0.717) is 11.4 Å². The maximum Gasteiger partial charge on any atom is 0.339 e. The summed E-state index contributed by atoms with van der Waals surface area (Å²) in [7, 11) is 0. The van der Waals surface area contributed by atoms with Crippen molar-refractivity contribution < 1.29 is 14.7 Å². The lowest BCUT2D eigenvalue weighted by Crippen LogP contribution is -2.39. The number of pyridine rings is 1. The van der Waals surface area contributed by atoms with E-state index in [1.165, 1.54) is 12.6 Å². The van der Waals surface area contributed by atoms with Crippen LogP contribution in [0.2, 0.25) is 0 Å². The van der Waals surface area contributed by atoms with E-state index in [0.717, 1.165) is 25.9 Å². The van der Waals surface area contributed by atoms with Crippen molar-refractivity contribution in [2.45, 2.75) is 26.2 Å². The molecular weight excluding hydrogens is 258 g/mol. The van der Waals surface area contributed by atoms with Crippen LogP contribution in [0.4, 0.5) is 5.69 Å². The first kappa shape index (κ1) is 14.3. The van der Waals surface area contributed by atoms with E-state index in [2.05, 4.69) is 10.3 Å². The molecule has 0 bridgehead atoms. The van der Waals surface area contributed by atoms with E-state index in [9.17, 15) is 9.59 Å². The molecule has 20 heavy (non-hydrogen) atoms. The highest BCUT2D eigenvalue weighted by atomic mass is 16.4. The van der Waals surface area contributed by atoms with Crippen molar-refractivity contribution in [1.82, 2.24) is 9.88 Å². The predicted octanol–water partition coefficient (Wildman–Crippen LogP) is 1.51. The molecule has 6 heteroatoms. The van der Waals surface area contributed by atoms with E-state index in [-0.39, 0.29) is 18.0 Å². The molecule has 0 aliphatic carbocycles. The summed E-state index contributed by atoms with van der Waals surface area (Å²) in [4.78, 5) is 28.9. The highest BCUT2D eigenvalue weighted by molar-refractivity contribution is 5.94. The van der Waals surface area contributed by atoms with Crippen LogP contribution in [0.3, 0.4) is 0 Å². The number of nitrogens with zero attached hydrogens (tertiary/aromatic N) is 2. The highest BCUT2D eigenvalue weighted by Crippen LogP contribution is 2.16. The number of aromatic carboxylic acids is 1. The molecule has 2 rings (SSSR count). The lowest BCUT2D eigenvalue weighted by Gasteiger charge is -2.27. The molecule has 0 radical (unpaired) electrons. The molecule has 6 nitrogen and oxygen atoms in total. The quantitative estimate of drug-likeness (QED) is 0.871. The second kappa shape index (κ2) is 6.36. The number of nitrogens with one attached hydrogen (secondary N) is 1. The van der Waals surface area contributed by atoms with E-state index < -0.39 is 5.97 Å². The van der Waals surface area contributed by atoms with Crippen LogP contribution in [0.25, 0.3) is 0 Å². The number of carbonyl (C=O) groups is 2. The molecule has 1 aliphatic rings. The van der Waals surface area contributed by atoms with E-state index in [4.69, 9.17) is 5.11 Å². The van der Waals surface area contributed by atoms with Crippen LogP contribution in [0.1, 0.15) is 35.3 Å². The summed E-state index contributed by atoms with van der Waals surface area (Å²) in [5.74, 6) is -1.04. The van der Waals surface area contributed by atoms with Crippen LogP contribution in [-0.2, 0) is 4.79 Å². The largest absolute Gasteiger partial charge is 0.478 e. The minimum absolute atomic E-state index is 0.00973. The van der Waals surface area contributed by atoms with Gasteiger partial charge in [-0.15, -0.1) is 0 Å². The summed E-state index contributed by atoms with van der Waals surface area (Å²) in [6.45, 7) is 3.48. The smallest absolute Gasteiger partial charge is 0.339 e. The molecule has 1 aromatic rings. The van der Waals surface area contributed by atoms with Crippen molar-refractivity contribution in [1.29, 1.82) is 0 Å². The minimum Gasteiger partial charge on any atom is -0.478 e. The van der Waals surface area contributed by atoms with Gasteiger partial charge in [0.1, 0.15) is 5.56 Å². The Morgan fingerprint density at radius 1 is 1.35 bits per heavy atom. The average molecular weight is 277 g/mol. The lowest BCUT2D eigenvalue weighted by atomic mass is 10.1. The number of carboxylic acid groups (broad SMARTS) is 1. The van der Waals surface area contributed by atoms with Crippen molar-refractivity contribution in [2.24, 2.45) is 0 Å². The van der Waals surface area contributed by atoms with Crippen LogP contribution >= 0.6 is 0 Å². The topological polar surface area (TPSA) is 82.5 Å². The van der Waals surface area contributed by atoms with E-state index >= 15 is 0 Å². The van der Waals surface area contributed by atoms with Gasteiger partial charge in [-0.25, -0.2) is 4.79 Å². The van der Waals surface area contributed by atoms with Gasteiger partial charge in [-0.2, -0.15) is 0 Å². The van der Waals surface area contributed by atoms with Crippen molar-refractivity contribution in [2.75, 3.05) is 25.0 Å². The Bertz CT molecular complexity index is 510. The molecule has 2 heterocycles. The first-order valence-corrected chi connectivity index (χ1v) is 6.79. The first-order valence-electron chi connectivity index (χ1n) is 6.79. The minimum atomic E-state index is -1.05. The number of carbonyl (C=O) groups excluding carboxylic acids is 1. The number of anilines is 1. The third kappa shape index (κ3) is 3.46. The fourth-order valence-corrected chi connectivity index (χ4v) is 2.30. The molecule has 108 valence electrons. The van der Waals surface area contributed by atoms with Crippen molar-refractivity contribution >= 4 is 17.6 Å². The first-order chi connectivity index (χ1) is 9.58. The van der Waals surface area contributed by atoms with E-state index in [1.807, 2.05) is 4.90 Å². The standard InChI is InChI=1S/C14H19N3O3/c1-10-7-12(11(8-15-10)14(19)20)16-9-13(18)17-5-3-2-4-6-17/h7-8H,2-6,9H2,1H3,(H,15,16)(H,19,20). The molecule has 1 fully saturated rings. The van der Waals surface area contributed by atoms with Crippen LogP contribution in [0, 0.1) is 6.92 Å². The van der Waals surface area contributed by atoms with Gasteiger partial charge in [0.2, 0.25) is 5.91 Å². The Balaban J connectivity index is 2.01. The Kier molecular flexibility index (Phi) is 4.55. The third-order valence-corrected chi connectivity index (χ3v) is 3.41. The molecule has 0 saturated carbocycles. The zero-order chi connectivity index (χ0) is 14.5. The van der Waals surface area contributed by atoms with Crippen molar-refractivity contribution in [3.8, 4) is 0 Å². The number of carboxylic acids is 1. The van der Waals surface area contributed by atoms with Gasteiger partial charge in [0.15, 0.2) is 0 Å². The summed E-state index contributed by atoms with van der Waals surface area (Å²) in [6, 6.07) is 1.65. The lowest BCUT2D eigenvalue weighted by molar-refractivity contribution is -0.130. The molecule has 1 aliphatic heterocycles. The number of hydrogen-bond donors (Lipinski definition) is 2. The zero-order valence-electron chi connectivity index (χ0n) is 11.6. The Morgan fingerprint density at radius 3 is 2.70 bits per heavy atom. The van der Waals surface area contributed by atoms with Crippen LogP contribution < -0.4 is 5.32 Å². The maximum atomic E-state index is 12.0. The zero-order valence-corrected chi connectivity index (χ0v) is 11.6. The second-order valence-corrected chi connectivity index (χ2v) is 4.97. The number of likely N-dealkylation sites (tertiary alicyclic amines) is 1. The number of hydrogen-bond acceptors (Lipinski definition) is 4. The fraction of sp³-hybridized carbons (Fsp3) is 0.500. The van der Waals surface area contributed by atoms with Crippen molar-refractivity contribution in [3.63, 3.8) is 0 Å². The molecule has 0 aromatic carbocycles. The summed E-state index contributed by atoms with van der Waals surface area (Å²) in [6.07, 6.45) is 4.57. The van der Waals surface area contributed by atoms with Gasteiger partial charge >= 0.3 is 5.97 Å². The normalized spacial score (nSPS) is 14.9. The Morgan fingerprint density at radius 2 is 2.05 bits per heavy atom. The number of piperidine rings is 1. The van der Waals surface area contributed by atoms with Crippen molar-refractivity contribution in [3.05, 3.63) is 23.5 Å². The molecule has 1 aromatic heterocycles. The van der Waals surface area contributed by atoms with E-state index in [1.54, 1.807) is 13.0 Å². The molecule has 0 spiro atoms. The van der Waals surface area contributed by atoms with Crippen LogP contribution in [-0.4, -0.2) is 46.5 Å². The Hall–Kier alpha value is -2.11. The van der Waals surface area contributed by atoms with Gasteiger partial charge in [0.25, 0.3) is 0 Å². The number of rotatable bonds is 4. The SMILES string of the molecule is Cc1cc(NCC(=O)N2CCCCC2)c(C(=O)O)cn1. The highest BCUT2D eigenvalue weighted by Gasteiger charge is 2.17. The van der Waals surface area contributed by atoms with Crippen LogP contribution in [0.5, 0.6) is 0 Å². The number of amides is 1. The van der Waals surface area contributed by atoms with Gasteiger partial charge in [-0.1, -0.05) is 0 Å². The summed E-state index contributed by atoms with van der Waals surface area (Å²) in [5, 5.41) is 12.0. The molecule has 0 atom stereocenters. The fourth-order valence-electron chi connectivity index (χ4n) is 2.30. The third-order valence-electron chi connectivity index (χ3n) is 3.41. The molecule has 0 unspecified atom stereocenters. The second-order valence-electron chi connectivity index (χ2n) is 4.97. The molecular formula is C14H19N3O3. The summed E-state index contributed by atoms with van der Waals surface area (Å²) in [5.41, 5.74) is 1.24. The molecule has 2 N–H and O–H groups in total.